The Morgan fingerprint density at radius 3 is 2.73 bits per heavy atom. The van der Waals surface area contributed by atoms with Crippen molar-refractivity contribution in [1.82, 2.24) is 10.3 Å². The largest absolute Gasteiger partial charge is 0.493 e. The zero-order chi connectivity index (χ0) is 17.8. The topological polar surface area (TPSA) is 63.2 Å². The Morgan fingerprint density at radius 1 is 1.08 bits per heavy atom. The summed E-state index contributed by atoms with van der Waals surface area (Å²) in [5.74, 6) is 0.995. The highest BCUT2D eigenvalue weighted by Crippen LogP contribution is 2.30. The zero-order valence-electron chi connectivity index (χ0n) is 14.2. The number of carbonyl (C=O) groups excluding carboxylic acids is 1. The summed E-state index contributed by atoms with van der Waals surface area (Å²) in [7, 11) is 0. The summed E-state index contributed by atoms with van der Waals surface area (Å²) in [6.45, 7) is 1.23. The summed E-state index contributed by atoms with van der Waals surface area (Å²) >= 11 is 0. The first kappa shape index (κ1) is 16.1. The Labute approximate surface area is 152 Å². The molecule has 0 bridgehead atoms. The van der Waals surface area contributed by atoms with Gasteiger partial charge >= 0.3 is 6.03 Å². The van der Waals surface area contributed by atoms with Crippen LogP contribution in [-0.4, -0.2) is 17.6 Å². The second-order valence-electron chi connectivity index (χ2n) is 6.17. The minimum atomic E-state index is -0.249. The molecule has 26 heavy (non-hydrogen) atoms. The fourth-order valence-corrected chi connectivity index (χ4v) is 2.98. The van der Waals surface area contributed by atoms with Gasteiger partial charge in [-0.25, -0.2) is 4.79 Å². The number of nitrogens with zero attached hydrogens (tertiary/aromatic N) is 1. The van der Waals surface area contributed by atoms with Crippen molar-refractivity contribution in [3.05, 3.63) is 78.1 Å². The maximum Gasteiger partial charge on any atom is 0.319 e. The van der Waals surface area contributed by atoms with Crippen LogP contribution in [0.2, 0.25) is 0 Å². The van der Waals surface area contributed by atoms with Gasteiger partial charge in [0.2, 0.25) is 0 Å². The van der Waals surface area contributed by atoms with Crippen LogP contribution in [0.25, 0.3) is 11.1 Å². The molecule has 0 saturated carbocycles. The average Bonchev–Trinajstić information content (AvgIpc) is 3.15. The fraction of sp³-hybridized carbons (Fsp3) is 0.143. The Hall–Kier alpha value is -3.34. The van der Waals surface area contributed by atoms with Gasteiger partial charge in [-0.15, -0.1) is 0 Å². The molecule has 2 N–H and O–H groups in total. The highest BCUT2D eigenvalue weighted by Gasteiger charge is 2.12. The van der Waals surface area contributed by atoms with E-state index in [4.69, 9.17) is 4.74 Å². The zero-order valence-corrected chi connectivity index (χ0v) is 14.2. The Bertz CT molecular complexity index is 908. The molecule has 1 aromatic heterocycles. The van der Waals surface area contributed by atoms with Crippen LogP contribution in [0.3, 0.4) is 0 Å². The number of nitrogens with one attached hydrogen (secondary N) is 2. The number of pyridine rings is 1. The van der Waals surface area contributed by atoms with Gasteiger partial charge in [-0.2, -0.15) is 0 Å². The average molecular weight is 345 g/mol. The summed E-state index contributed by atoms with van der Waals surface area (Å²) in [6, 6.07) is 17.8. The molecule has 0 spiro atoms. The van der Waals surface area contributed by atoms with Crippen LogP contribution in [-0.2, 0) is 13.0 Å². The van der Waals surface area contributed by atoms with Crippen LogP contribution < -0.4 is 15.4 Å². The van der Waals surface area contributed by atoms with E-state index < -0.39 is 0 Å². The van der Waals surface area contributed by atoms with Gasteiger partial charge in [0.1, 0.15) is 5.75 Å². The van der Waals surface area contributed by atoms with E-state index in [0.717, 1.165) is 29.9 Å². The van der Waals surface area contributed by atoms with Crippen LogP contribution in [0.1, 0.15) is 11.1 Å². The number of rotatable bonds is 4. The molecule has 2 heterocycles. The summed E-state index contributed by atoms with van der Waals surface area (Å²) in [6.07, 6.45) is 4.24. The Balaban J connectivity index is 1.36. The van der Waals surface area contributed by atoms with Gasteiger partial charge in [0, 0.05) is 19.2 Å². The van der Waals surface area contributed by atoms with Crippen molar-refractivity contribution in [3.63, 3.8) is 0 Å². The summed E-state index contributed by atoms with van der Waals surface area (Å²) in [5.41, 5.74) is 5.31. The number of anilines is 1. The molecule has 5 heteroatoms. The van der Waals surface area contributed by atoms with Gasteiger partial charge in [0.15, 0.2) is 0 Å². The molecule has 0 unspecified atom stereocenters. The quantitative estimate of drug-likeness (QED) is 0.751. The van der Waals surface area contributed by atoms with Crippen LogP contribution in [0.5, 0.6) is 5.75 Å². The van der Waals surface area contributed by atoms with E-state index in [9.17, 15) is 4.79 Å². The van der Waals surface area contributed by atoms with Crippen molar-refractivity contribution < 1.29 is 9.53 Å². The molecule has 0 radical (unpaired) electrons. The smallest absolute Gasteiger partial charge is 0.319 e. The number of carbonyl (C=O) groups is 1. The number of aromatic nitrogens is 1. The molecule has 5 nitrogen and oxygen atoms in total. The molecular weight excluding hydrogens is 326 g/mol. The lowest BCUT2D eigenvalue weighted by atomic mass is 10.0. The van der Waals surface area contributed by atoms with Gasteiger partial charge in [-0.3, -0.25) is 4.98 Å². The summed E-state index contributed by atoms with van der Waals surface area (Å²) in [5, 5.41) is 5.60. The van der Waals surface area contributed by atoms with Crippen LogP contribution in [0.15, 0.2) is 67.0 Å². The van der Waals surface area contributed by atoms with Crippen LogP contribution in [0, 0.1) is 0 Å². The third-order valence-electron chi connectivity index (χ3n) is 4.35. The predicted molar refractivity (Wildman–Crippen MR) is 101 cm³/mol. The van der Waals surface area contributed by atoms with E-state index in [0.29, 0.717) is 12.2 Å². The Kier molecular flexibility index (Phi) is 4.51. The van der Waals surface area contributed by atoms with Crippen molar-refractivity contribution in [2.45, 2.75) is 13.0 Å². The van der Waals surface area contributed by atoms with Gasteiger partial charge in [0.05, 0.1) is 18.5 Å². The molecule has 2 amide bonds. The first-order chi connectivity index (χ1) is 12.8. The van der Waals surface area contributed by atoms with Crippen molar-refractivity contribution in [1.29, 1.82) is 0 Å². The van der Waals surface area contributed by atoms with Crippen molar-refractivity contribution in [2.75, 3.05) is 11.9 Å². The van der Waals surface area contributed by atoms with Gasteiger partial charge in [-0.05, 0) is 46.5 Å². The molecule has 2 aromatic carbocycles. The number of urea groups is 1. The molecule has 0 saturated heterocycles. The SMILES string of the molecule is O=C(NCc1ccc(-c2ccc3c(c2)CCO3)cc1)Nc1cccnc1. The third kappa shape index (κ3) is 3.67. The lowest BCUT2D eigenvalue weighted by molar-refractivity contribution is 0.251. The monoisotopic (exact) mass is 345 g/mol. The van der Waals surface area contributed by atoms with E-state index in [1.807, 2.05) is 18.2 Å². The van der Waals surface area contributed by atoms with Crippen molar-refractivity contribution >= 4 is 11.7 Å². The molecule has 0 fully saturated rings. The molecule has 130 valence electrons. The van der Waals surface area contributed by atoms with Gasteiger partial charge < -0.3 is 15.4 Å². The standard InChI is InChI=1S/C21H19N3O2/c25-21(24-19-2-1-10-22-14-19)23-13-15-3-5-16(6-4-15)17-7-8-20-18(12-17)9-11-26-20/h1-8,10,12,14H,9,11,13H2,(H2,23,24,25). The highest BCUT2D eigenvalue weighted by molar-refractivity contribution is 5.88. The number of amides is 2. The van der Waals surface area contributed by atoms with Crippen LogP contribution in [0.4, 0.5) is 10.5 Å². The van der Waals surface area contributed by atoms with Crippen LogP contribution >= 0.6 is 0 Å². The lowest BCUT2D eigenvalue weighted by Gasteiger charge is -2.09. The summed E-state index contributed by atoms with van der Waals surface area (Å²) in [4.78, 5) is 15.9. The first-order valence-corrected chi connectivity index (χ1v) is 8.58. The first-order valence-electron chi connectivity index (χ1n) is 8.58. The van der Waals surface area contributed by atoms with Gasteiger partial charge in [0.25, 0.3) is 0 Å². The number of benzene rings is 2. The fourth-order valence-electron chi connectivity index (χ4n) is 2.98. The van der Waals surface area contributed by atoms with E-state index in [2.05, 4.69) is 39.9 Å². The summed E-state index contributed by atoms with van der Waals surface area (Å²) < 4.78 is 5.56. The number of ether oxygens (including phenoxy) is 1. The van der Waals surface area contributed by atoms with E-state index in [1.54, 1.807) is 24.5 Å². The molecule has 0 aliphatic carbocycles. The minimum Gasteiger partial charge on any atom is -0.493 e. The lowest BCUT2D eigenvalue weighted by Crippen LogP contribution is -2.28. The predicted octanol–water partition coefficient (Wildman–Crippen LogP) is 4.01. The van der Waals surface area contributed by atoms with Gasteiger partial charge in [-0.1, -0.05) is 30.3 Å². The van der Waals surface area contributed by atoms with Crippen molar-refractivity contribution in [2.24, 2.45) is 0 Å². The molecule has 0 atom stereocenters. The minimum absolute atomic E-state index is 0.249. The normalized spacial score (nSPS) is 12.2. The molecular formula is C21H19N3O2. The molecule has 3 aromatic rings. The van der Waals surface area contributed by atoms with E-state index in [-0.39, 0.29) is 6.03 Å². The molecule has 1 aliphatic heterocycles. The molecule has 1 aliphatic rings. The highest BCUT2D eigenvalue weighted by atomic mass is 16.5. The van der Waals surface area contributed by atoms with Crippen molar-refractivity contribution in [3.8, 4) is 16.9 Å². The number of fused-ring (bicyclic) bond motifs is 1. The Morgan fingerprint density at radius 2 is 1.92 bits per heavy atom. The number of hydrogen-bond acceptors (Lipinski definition) is 3. The second kappa shape index (κ2) is 7.27. The maximum absolute atomic E-state index is 11.9. The maximum atomic E-state index is 11.9. The van der Waals surface area contributed by atoms with E-state index >= 15 is 0 Å². The number of hydrogen-bond donors (Lipinski definition) is 2. The molecule has 4 rings (SSSR count). The van der Waals surface area contributed by atoms with E-state index in [1.165, 1.54) is 11.1 Å². The third-order valence-corrected chi connectivity index (χ3v) is 4.35. The second-order valence-corrected chi connectivity index (χ2v) is 6.17.